The molecule has 1 saturated heterocycles. The molecule has 0 aliphatic carbocycles. The van der Waals surface area contributed by atoms with Crippen LogP contribution in [0.15, 0.2) is 12.7 Å². The van der Waals surface area contributed by atoms with Crippen LogP contribution < -0.4 is 5.32 Å². The molecule has 2 amide bonds. The molecule has 140 valence electrons. The number of hydrogen-bond donors (Lipinski definition) is 1. The number of ether oxygens (including phenoxy) is 1. The van der Waals surface area contributed by atoms with Gasteiger partial charge in [-0.1, -0.05) is 18.6 Å². The first-order valence-corrected chi connectivity index (χ1v) is 7.63. The Balaban J connectivity index is 2.93. The Kier molecular flexibility index (Phi) is 6.87. The summed E-state index contributed by atoms with van der Waals surface area (Å²) in [5, 5.41) is 1.81. The van der Waals surface area contributed by atoms with Gasteiger partial charge in [0.1, 0.15) is 19.2 Å². The highest BCUT2D eigenvalue weighted by atomic mass is 19.4. The van der Waals surface area contributed by atoms with Crippen LogP contribution in [0.2, 0.25) is 0 Å². The predicted molar refractivity (Wildman–Crippen MR) is 85.6 cm³/mol. The van der Waals surface area contributed by atoms with Gasteiger partial charge in [-0.2, -0.15) is 13.2 Å². The fourth-order valence-electron chi connectivity index (χ4n) is 2.34. The minimum atomic E-state index is -4.55. The summed E-state index contributed by atoms with van der Waals surface area (Å²) in [5.74, 6) is 1.66. The Labute approximate surface area is 145 Å². The molecule has 0 saturated carbocycles. The second-order valence-electron chi connectivity index (χ2n) is 6.06. The molecule has 1 fully saturated rings. The zero-order valence-corrected chi connectivity index (χ0v) is 14.2. The van der Waals surface area contributed by atoms with Crippen molar-refractivity contribution in [3.05, 3.63) is 12.7 Å². The fourth-order valence-corrected chi connectivity index (χ4v) is 2.34. The molecular formula is C16H22F3N3O3. The van der Waals surface area contributed by atoms with Crippen molar-refractivity contribution in [2.75, 3.05) is 32.8 Å². The lowest BCUT2D eigenvalue weighted by Gasteiger charge is -2.44. The zero-order chi connectivity index (χ0) is 19.3. The molecule has 0 aromatic rings. The van der Waals surface area contributed by atoms with Crippen molar-refractivity contribution < 1.29 is 27.5 Å². The second kappa shape index (κ2) is 8.25. The molecule has 1 N–H and O–H groups in total. The topological polar surface area (TPSA) is 61.9 Å². The van der Waals surface area contributed by atoms with Crippen LogP contribution in [0, 0.1) is 12.3 Å². The molecule has 6 nitrogen and oxygen atoms in total. The average molecular weight is 361 g/mol. The molecule has 25 heavy (non-hydrogen) atoms. The van der Waals surface area contributed by atoms with E-state index >= 15 is 0 Å². The number of nitrogens with one attached hydrogen (secondary N) is 1. The van der Waals surface area contributed by atoms with E-state index in [1.807, 2.05) is 5.32 Å². The van der Waals surface area contributed by atoms with Crippen molar-refractivity contribution in [1.29, 1.82) is 0 Å². The molecule has 0 spiro atoms. The van der Waals surface area contributed by atoms with Gasteiger partial charge in [0, 0.05) is 19.6 Å². The predicted octanol–water partition coefficient (Wildman–Crippen LogP) is 1.39. The van der Waals surface area contributed by atoms with Gasteiger partial charge in [0.05, 0.1) is 5.54 Å². The monoisotopic (exact) mass is 361 g/mol. The van der Waals surface area contributed by atoms with Gasteiger partial charge in [0.15, 0.2) is 0 Å². The van der Waals surface area contributed by atoms with Crippen LogP contribution in [0.5, 0.6) is 0 Å². The van der Waals surface area contributed by atoms with Crippen LogP contribution in [-0.4, -0.2) is 72.3 Å². The van der Waals surface area contributed by atoms with E-state index in [1.165, 1.54) is 6.08 Å². The molecular weight excluding hydrogens is 339 g/mol. The second-order valence-corrected chi connectivity index (χ2v) is 6.06. The molecule has 1 aliphatic heterocycles. The van der Waals surface area contributed by atoms with E-state index in [0.717, 1.165) is 4.90 Å². The number of halogens is 3. The third kappa shape index (κ3) is 5.98. The lowest BCUT2D eigenvalue weighted by molar-refractivity contribution is -0.143. The smallest absolute Gasteiger partial charge is 0.410 e. The zero-order valence-electron chi connectivity index (χ0n) is 14.2. The molecule has 0 aromatic carbocycles. The summed E-state index contributed by atoms with van der Waals surface area (Å²) < 4.78 is 42.0. The number of rotatable bonds is 5. The van der Waals surface area contributed by atoms with E-state index in [9.17, 15) is 22.8 Å². The first-order chi connectivity index (χ1) is 11.5. The standard InChI is InChI=1S/C16H22F3N3O3/c1-5-9-25-14(24)22-8-7-21(15(3,4)6-2)10-12(22)13(23)20-11-16(17,18)19/h2,5,12H,1,7-11H2,3-4H3,(H,20,23). The number of amides is 2. The van der Waals surface area contributed by atoms with Gasteiger partial charge in [0.2, 0.25) is 5.91 Å². The van der Waals surface area contributed by atoms with Gasteiger partial charge >= 0.3 is 12.3 Å². The molecule has 1 atom stereocenters. The summed E-state index contributed by atoms with van der Waals surface area (Å²) in [6.45, 7) is 5.85. The number of hydrogen-bond acceptors (Lipinski definition) is 4. The van der Waals surface area contributed by atoms with Gasteiger partial charge in [-0.25, -0.2) is 4.79 Å². The SMILES string of the molecule is C#CC(C)(C)N1CCN(C(=O)OCC=C)C(C(=O)NCC(F)(F)F)C1. The van der Waals surface area contributed by atoms with Crippen LogP contribution in [0.3, 0.4) is 0 Å². The Morgan fingerprint density at radius 1 is 1.40 bits per heavy atom. The largest absolute Gasteiger partial charge is 0.445 e. The number of carbonyl (C=O) groups excluding carboxylic acids is 2. The third-order valence-corrected chi connectivity index (χ3v) is 3.85. The van der Waals surface area contributed by atoms with E-state index in [-0.39, 0.29) is 19.7 Å². The molecule has 9 heteroatoms. The highest BCUT2D eigenvalue weighted by molar-refractivity contribution is 5.86. The van der Waals surface area contributed by atoms with Crippen molar-refractivity contribution in [3.63, 3.8) is 0 Å². The molecule has 0 radical (unpaired) electrons. The Morgan fingerprint density at radius 2 is 2.04 bits per heavy atom. The molecule has 1 unspecified atom stereocenters. The minimum absolute atomic E-state index is 0.00405. The van der Waals surface area contributed by atoms with Crippen molar-refractivity contribution in [1.82, 2.24) is 15.1 Å². The maximum absolute atomic E-state index is 12.4. The van der Waals surface area contributed by atoms with Gasteiger partial charge in [-0.05, 0) is 13.8 Å². The molecule has 0 bridgehead atoms. The van der Waals surface area contributed by atoms with Crippen LogP contribution in [0.1, 0.15) is 13.8 Å². The summed E-state index contributed by atoms with van der Waals surface area (Å²) in [6.07, 6.45) is 1.50. The van der Waals surface area contributed by atoms with Crippen LogP contribution in [0.4, 0.5) is 18.0 Å². The van der Waals surface area contributed by atoms with Crippen LogP contribution in [-0.2, 0) is 9.53 Å². The number of carbonyl (C=O) groups is 2. The lowest BCUT2D eigenvalue weighted by atomic mass is 10.0. The lowest BCUT2D eigenvalue weighted by Crippen LogP contribution is -2.64. The fraction of sp³-hybridized carbons (Fsp3) is 0.625. The average Bonchev–Trinajstić information content (AvgIpc) is 2.56. The van der Waals surface area contributed by atoms with Gasteiger partial charge in [0.25, 0.3) is 0 Å². The maximum atomic E-state index is 12.4. The summed E-state index contributed by atoms with van der Waals surface area (Å²) in [4.78, 5) is 27.2. The number of alkyl halides is 3. The summed E-state index contributed by atoms with van der Waals surface area (Å²) in [7, 11) is 0. The van der Waals surface area contributed by atoms with E-state index in [4.69, 9.17) is 11.2 Å². The first-order valence-electron chi connectivity index (χ1n) is 7.63. The Bertz CT molecular complexity index is 555. The Hall–Kier alpha value is -2.21. The number of piperazine rings is 1. The van der Waals surface area contributed by atoms with Crippen LogP contribution >= 0.6 is 0 Å². The van der Waals surface area contributed by atoms with E-state index in [0.29, 0.717) is 6.54 Å². The normalized spacial score (nSPS) is 19.0. The molecule has 0 aromatic heterocycles. The van der Waals surface area contributed by atoms with Gasteiger partial charge < -0.3 is 10.1 Å². The highest BCUT2D eigenvalue weighted by Gasteiger charge is 2.41. The van der Waals surface area contributed by atoms with Gasteiger partial charge in [-0.3, -0.25) is 14.6 Å². The third-order valence-electron chi connectivity index (χ3n) is 3.85. The van der Waals surface area contributed by atoms with Crippen molar-refractivity contribution in [2.45, 2.75) is 31.6 Å². The van der Waals surface area contributed by atoms with E-state index < -0.39 is 36.3 Å². The van der Waals surface area contributed by atoms with E-state index in [2.05, 4.69) is 12.5 Å². The number of terminal acetylenes is 1. The number of nitrogens with zero attached hydrogens (tertiary/aromatic N) is 2. The van der Waals surface area contributed by atoms with Gasteiger partial charge in [-0.15, -0.1) is 6.42 Å². The molecule has 1 aliphatic rings. The molecule has 1 rings (SSSR count). The quantitative estimate of drug-likeness (QED) is 0.594. The summed E-state index contributed by atoms with van der Waals surface area (Å²) in [5.41, 5.74) is -0.709. The van der Waals surface area contributed by atoms with Crippen molar-refractivity contribution in [2.24, 2.45) is 0 Å². The first kappa shape index (κ1) is 20.8. The van der Waals surface area contributed by atoms with Crippen LogP contribution in [0.25, 0.3) is 0 Å². The minimum Gasteiger partial charge on any atom is -0.445 e. The van der Waals surface area contributed by atoms with Crippen molar-refractivity contribution >= 4 is 12.0 Å². The molecule has 1 heterocycles. The Morgan fingerprint density at radius 3 is 2.56 bits per heavy atom. The van der Waals surface area contributed by atoms with E-state index in [1.54, 1.807) is 18.7 Å². The highest BCUT2D eigenvalue weighted by Crippen LogP contribution is 2.21. The summed E-state index contributed by atoms with van der Waals surface area (Å²) in [6, 6.07) is -1.14. The maximum Gasteiger partial charge on any atom is 0.410 e. The van der Waals surface area contributed by atoms with Crippen molar-refractivity contribution in [3.8, 4) is 12.3 Å². The summed E-state index contributed by atoms with van der Waals surface area (Å²) >= 11 is 0.